The number of phosphoric acid groups is 1. The largest absolute Gasteiger partial charge is 0.469 e. The summed E-state index contributed by atoms with van der Waals surface area (Å²) < 4.78 is 26.3. The van der Waals surface area contributed by atoms with Gasteiger partial charge in [0.25, 0.3) is 0 Å². The molecule has 0 heterocycles. The van der Waals surface area contributed by atoms with Crippen LogP contribution >= 0.6 is 7.82 Å². The molecule has 0 aromatic rings. The minimum absolute atomic E-state index is 0.218. The van der Waals surface area contributed by atoms with Crippen LogP contribution in [0.1, 0.15) is 201 Å². The number of esters is 2. The molecule has 0 amide bonds. The molecule has 0 bridgehead atoms. The van der Waals surface area contributed by atoms with Crippen LogP contribution in [0.5, 0.6) is 0 Å². The Morgan fingerprint density at radius 2 is 0.957 bits per heavy atom. The number of phosphoric ester groups is 1. The Kier molecular flexibility index (Phi) is 31.9. The number of carbonyl (C=O) groups is 2. The summed E-state index contributed by atoms with van der Waals surface area (Å²) in [6.07, 6.45) is 31.1. The van der Waals surface area contributed by atoms with E-state index < -0.39 is 32.5 Å². The van der Waals surface area contributed by atoms with Gasteiger partial charge in [0, 0.05) is 12.8 Å². The molecule has 1 unspecified atom stereocenters. The summed E-state index contributed by atoms with van der Waals surface area (Å²) in [6.45, 7) is 6.05. The molecular formula is C37H73O8P. The average molecular weight is 677 g/mol. The first-order valence-corrected chi connectivity index (χ1v) is 20.8. The quantitative estimate of drug-likeness (QED) is 0.0387. The Balaban J connectivity index is 3.87. The van der Waals surface area contributed by atoms with Gasteiger partial charge in [-0.15, -0.1) is 0 Å². The molecule has 0 aromatic carbocycles. The standard InChI is InChI=1S/C37H73O8P/c1-4-6-7-8-9-10-18-22-25-28-31-37(39)45-35(33-44-46(40,41)42)32-43-36(38)30-27-24-21-19-16-14-12-11-13-15-17-20-23-26-29-34(3)5-2/h34-35H,4-33H2,1-3H3,(H2,40,41,42)/t34?,35-/m1/s1. The highest BCUT2D eigenvalue weighted by molar-refractivity contribution is 7.46. The molecule has 0 saturated carbocycles. The van der Waals surface area contributed by atoms with Crippen molar-refractivity contribution in [2.45, 2.75) is 207 Å². The van der Waals surface area contributed by atoms with E-state index in [0.29, 0.717) is 6.42 Å². The van der Waals surface area contributed by atoms with Crippen molar-refractivity contribution < 1.29 is 37.9 Å². The van der Waals surface area contributed by atoms with Gasteiger partial charge in [0.2, 0.25) is 0 Å². The van der Waals surface area contributed by atoms with Gasteiger partial charge in [-0.25, -0.2) is 4.57 Å². The highest BCUT2D eigenvalue weighted by atomic mass is 31.2. The summed E-state index contributed by atoms with van der Waals surface area (Å²) in [5.41, 5.74) is 0. The van der Waals surface area contributed by atoms with Gasteiger partial charge in [0.05, 0.1) is 6.61 Å². The zero-order valence-corrected chi connectivity index (χ0v) is 31.1. The van der Waals surface area contributed by atoms with E-state index >= 15 is 0 Å². The zero-order chi connectivity index (χ0) is 34.1. The lowest BCUT2D eigenvalue weighted by Gasteiger charge is -2.18. The molecule has 8 nitrogen and oxygen atoms in total. The zero-order valence-electron chi connectivity index (χ0n) is 30.2. The first-order valence-electron chi connectivity index (χ1n) is 19.2. The second-order valence-electron chi connectivity index (χ2n) is 13.5. The maximum Gasteiger partial charge on any atom is 0.469 e. The minimum Gasteiger partial charge on any atom is -0.462 e. The smallest absolute Gasteiger partial charge is 0.462 e. The monoisotopic (exact) mass is 677 g/mol. The third-order valence-electron chi connectivity index (χ3n) is 8.92. The Hall–Kier alpha value is -0.950. The summed E-state index contributed by atoms with van der Waals surface area (Å²) in [7, 11) is -4.74. The van der Waals surface area contributed by atoms with Crippen molar-refractivity contribution in [2.75, 3.05) is 13.2 Å². The molecular weight excluding hydrogens is 603 g/mol. The number of carbonyl (C=O) groups excluding carboxylic acids is 2. The third kappa shape index (κ3) is 34.4. The van der Waals surface area contributed by atoms with E-state index in [2.05, 4.69) is 25.3 Å². The van der Waals surface area contributed by atoms with Gasteiger partial charge in [0.1, 0.15) is 6.61 Å². The average Bonchev–Trinajstić information content (AvgIpc) is 3.02. The van der Waals surface area contributed by atoms with Crippen LogP contribution in [0.15, 0.2) is 0 Å². The maximum absolute atomic E-state index is 12.3. The Morgan fingerprint density at radius 3 is 1.37 bits per heavy atom. The second-order valence-corrected chi connectivity index (χ2v) is 14.8. The van der Waals surface area contributed by atoms with Gasteiger partial charge in [-0.3, -0.25) is 14.1 Å². The topological polar surface area (TPSA) is 119 Å². The van der Waals surface area contributed by atoms with Crippen molar-refractivity contribution in [1.82, 2.24) is 0 Å². The molecule has 0 rings (SSSR count). The van der Waals surface area contributed by atoms with Gasteiger partial charge < -0.3 is 19.3 Å². The van der Waals surface area contributed by atoms with E-state index in [1.807, 2.05) is 0 Å². The minimum atomic E-state index is -4.74. The number of rotatable bonds is 35. The van der Waals surface area contributed by atoms with Crippen molar-refractivity contribution in [3.05, 3.63) is 0 Å². The van der Waals surface area contributed by atoms with E-state index in [1.54, 1.807) is 0 Å². The van der Waals surface area contributed by atoms with E-state index in [4.69, 9.17) is 19.3 Å². The van der Waals surface area contributed by atoms with E-state index in [9.17, 15) is 14.2 Å². The van der Waals surface area contributed by atoms with Gasteiger partial charge in [-0.2, -0.15) is 0 Å². The molecule has 0 spiro atoms. The van der Waals surface area contributed by atoms with Crippen molar-refractivity contribution in [1.29, 1.82) is 0 Å². The first kappa shape index (κ1) is 45.0. The summed E-state index contributed by atoms with van der Waals surface area (Å²) in [5, 5.41) is 0. The molecule has 0 saturated heterocycles. The van der Waals surface area contributed by atoms with Crippen molar-refractivity contribution in [2.24, 2.45) is 5.92 Å². The van der Waals surface area contributed by atoms with Crippen LogP contribution in [0.3, 0.4) is 0 Å². The summed E-state index contributed by atoms with van der Waals surface area (Å²) in [6, 6.07) is 0. The molecule has 0 fully saturated rings. The molecule has 0 radical (unpaired) electrons. The highest BCUT2D eigenvalue weighted by Crippen LogP contribution is 2.36. The van der Waals surface area contributed by atoms with Gasteiger partial charge >= 0.3 is 19.8 Å². The molecule has 0 aliphatic rings. The summed E-state index contributed by atoms with van der Waals surface area (Å²) in [4.78, 5) is 42.6. The molecule has 9 heteroatoms. The van der Waals surface area contributed by atoms with Crippen molar-refractivity contribution in [3.63, 3.8) is 0 Å². The second kappa shape index (κ2) is 32.6. The van der Waals surface area contributed by atoms with E-state index in [-0.39, 0.29) is 19.4 Å². The number of unbranched alkanes of at least 4 members (excludes halogenated alkanes) is 22. The van der Waals surface area contributed by atoms with Crippen molar-refractivity contribution >= 4 is 19.8 Å². The van der Waals surface area contributed by atoms with Crippen LogP contribution < -0.4 is 0 Å². The van der Waals surface area contributed by atoms with E-state index in [0.717, 1.165) is 44.4 Å². The van der Waals surface area contributed by atoms with Crippen LogP contribution in [-0.2, 0) is 28.2 Å². The molecule has 0 aromatic heterocycles. The lowest BCUT2D eigenvalue weighted by molar-refractivity contribution is -0.161. The van der Waals surface area contributed by atoms with Crippen LogP contribution in [0.25, 0.3) is 0 Å². The van der Waals surface area contributed by atoms with Gasteiger partial charge in [0.15, 0.2) is 6.10 Å². The normalized spacial score (nSPS) is 13.1. The summed E-state index contributed by atoms with van der Waals surface area (Å²) in [5.74, 6) is 0.00977. The van der Waals surface area contributed by atoms with Crippen LogP contribution in [0.4, 0.5) is 0 Å². The third-order valence-corrected chi connectivity index (χ3v) is 9.40. The maximum atomic E-state index is 12.3. The van der Waals surface area contributed by atoms with Crippen LogP contribution in [0.2, 0.25) is 0 Å². The molecule has 274 valence electrons. The molecule has 46 heavy (non-hydrogen) atoms. The molecule has 2 N–H and O–H groups in total. The predicted molar refractivity (Wildman–Crippen MR) is 189 cm³/mol. The SMILES string of the molecule is CCCCCCCCCCCCC(=O)O[C@H](COC(=O)CCCCCCCCCCCCCCCCC(C)CC)COP(=O)(O)O. The predicted octanol–water partition coefficient (Wildman–Crippen LogP) is 11.1. The number of hydrogen-bond acceptors (Lipinski definition) is 6. The molecule has 0 aliphatic heterocycles. The van der Waals surface area contributed by atoms with Crippen LogP contribution in [0, 0.1) is 5.92 Å². The van der Waals surface area contributed by atoms with Crippen molar-refractivity contribution in [3.8, 4) is 0 Å². The highest BCUT2D eigenvalue weighted by Gasteiger charge is 2.22. The first-order chi connectivity index (χ1) is 22.2. The Labute approximate surface area is 283 Å². The number of hydrogen-bond donors (Lipinski definition) is 2. The van der Waals surface area contributed by atoms with Gasteiger partial charge in [-0.05, 0) is 18.8 Å². The fourth-order valence-corrected chi connectivity index (χ4v) is 6.00. The van der Waals surface area contributed by atoms with Gasteiger partial charge in [-0.1, -0.05) is 175 Å². The fraction of sp³-hybridized carbons (Fsp3) is 0.946. The molecule has 0 aliphatic carbocycles. The molecule has 2 atom stereocenters. The lowest BCUT2D eigenvalue weighted by atomic mass is 9.99. The Morgan fingerprint density at radius 1 is 0.565 bits per heavy atom. The van der Waals surface area contributed by atoms with E-state index in [1.165, 1.54) is 122 Å². The Bertz CT molecular complexity index is 741. The number of ether oxygens (including phenoxy) is 2. The lowest BCUT2D eigenvalue weighted by Crippen LogP contribution is -2.29. The fourth-order valence-electron chi connectivity index (χ4n) is 5.64. The summed E-state index contributed by atoms with van der Waals surface area (Å²) >= 11 is 0. The van der Waals surface area contributed by atoms with Crippen LogP contribution in [-0.4, -0.2) is 41.0 Å².